The third-order valence-electron chi connectivity index (χ3n) is 3.61. The largest absolute Gasteiger partial charge is 0.351 e. The molecule has 1 aromatic carbocycles. The van der Waals surface area contributed by atoms with Gasteiger partial charge in [-0.3, -0.25) is 9.59 Å². The number of halogens is 1. The Kier molecular flexibility index (Phi) is 4.18. The van der Waals surface area contributed by atoms with E-state index < -0.39 is 26.3 Å². The zero-order valence-electron chi connectivity index (χ0n) is 13.2. The molecular formula is C16H12ClN3O4S. The quantitative estimate of drug-likeness (QED) is 0.873. The minimum Gasteiger partial charge on any atom is -0.351 e. The van der Waals surface area contributed by atoms with Gasteiger partial charge in [0.15, 0.2) is 9.84 Å². The average molecular weight is 378 g/mol. The van der Waals surface area contributed by atoms with Crippen molar-refractivity contribution in [3.63, 3.8) is 0 Å². The number of sulfone groups is 1. The van der Waals surface area contributed by atoms with Crippen LogP contribution in [0.4, 0.5) is 5.69 Å². The maximum atomic E-state index is 12.7. The summed E-state index contributed by atoms with van der Waals surface area (Å²) >= 11 is 5.90. The first-order chi connectivity index (χ1) is 11.7. The van der Waals surface area contributed by atoms with Crippen LogP contribution in [-0.2, 0) is 9.84 Å². The van der Waals surface area contributed by atoms with Crippen molar-refractivity contribution >= 4 is 38.7 Å². The van der Waals surface area contributed by atoms with Crippen LogP contribution < -0.4 is 5.32 Å². The second-order valence-corrected chi connectivity index (χ2v) is 7.86. The fraction of sp³-hybridized carbons (Fsp3) is 0.125. The van der Waals surface area contributed by atoms with Gasteiger partial charge in [-0.05, 0) is 30.7 Å². The number of hydrogen-bond donors (Lipinski definition) is 1. The minimum absolute atomic E-state index is 0.186. The van der Waals surface area contributed by atoms with Crippen LogP contribution in [0.2, 0.25) is 5.02 Å². The van der Waals surface area contributed by atoms with Crippen LogP contribution in [0.3, 0.4) is 0 Å². The van der Waals surface area contributed by atoms with Crippen molar-refractivity contribution in [1.29, 1.82) is 0 Å². The topological polar surface area (TPSA) is 106 Å². The predicted molar refractivity (Wildman–Crippen MR) is 92.4 cm³/mol. The maximum absolute atomic E-state index is 12.7. The molecule has 1 aromatic heterocycles. The molecule has 0 spiro atoms. The minimum atomic E-state index is -3.99. The molecule has 7 nitrogen and oxygen atoms in total. The van der Waals surface area contributed by atoms with E-state index in [-0.39, 0.29) is 17.1 Å². The fourth-order valence-corrected chi connectivity index (χ4v) is 3.66. The van der Waals surface area contributed by atoms with Gasteiger partial charge in [-0.15, -0.1) is 0 Å². The van der Waals surface area contributed by atoms with Gasteiger partial charge in [0.2, 0.25) is 11.6 Å². The van der Waals surface area contributed by atoms with Crippen LogP contribution >= 0.6 is 11.6 Å². The summed E-state index contributed by atoms with van der Waals surface area (Å²) in [6, 6.07) is 4.82. The highest BCUT2D eigenvalue weighted by atomic mass is 35.5. The van der Waals surface area contributed by atoms with Crippen molar-refractivity contribution in [2.45, 2.75) is 6.92 Å². The van der Waals surface area contributed by atoms with E-state index in [1.807, 2.05) is 0 Å². The molecule has 1 aliphatic carbocycles. The molecule has 1 heterocycles. The first kappa shape index (κ1) is 17.2. The number of allylic oxidation sites excluding steroid dienone is 2. The maximum Gasteiger partial charge on any atom is 0.231 e. The van der Waals surface area contributed by atoms with Gasteiger partial charge in [0.05, 0.1) is 0 Å². The molecule has 0 fully saturated rings. The van der Waals surface area contributed by atoms with Crippen LogP contribution in [0.15, 0.2) is 41.2 Å². The summed E-state index contributed by atoms with van der Waals surface area (Å²) in [5.41, 5.74) is 0.332. The van der Waals surface area contributed by atoms with Crippen molar-refractivity contribution in [3.05, 3.63) is 63.2 Å². The smallest absolute Gasteiger partial charge is 0.231 e. The van der Waals surface area contributed by atoms with E-state index in [0.29, 0.717) is 16.3 Å². The second-order valence-electron chi connectivity index (χ2n) is 5.47. The van der Waals surface area contributed by atoms with E-state index in [0.717, 1.165) is 6.26 Å². The Morgan fingerprint density at radius 3 is 2.20 bits per heavy atom. The monoisotopic (exact) mass is 377 g/mol. The summed E-state index contributed by atoms with van der Waals surface area (Å²) in [5.74, 6) is -1.57. The number of benzene rings is 1. The molecule has 128 valence electrons. The molecule has 2 aromatic rings. The molecule has 0 amide bonds. The number of carbonyl (C=O) groups is 2. The Morgan fingerprint density at radius 1 is 1.04 bits per heavy atom. The lowest BCUT2D eigenvalue weighted by atomic mass is 10.0. The average Bonchev–Trinajstić information content (AvgIpc) is 2.53. The highest BCUT2D eigenvalue weighted by Gasteiger charge is 2.39. The van der Waals surface area contributed by atoms with Crippen molar-refractivity contribution in [3.8, 4) is 0 Å². The molecule has 1 N–H and O–H groups in total. The summed E-state index contributed by atoms with van der Waals surface area (Å²) < 4.78 is 24.3. The third-order valence-corrected chi connectivity index (χ3v) is 4.97. The van der Waals surface area contributed by atoms with E-state index in [2.05, 4.69) is 15.3 Å². The van der Waals surface area contributed by atoms with Gasteiger partial charge in [-0.1, -0.05) is 11.6 Å². The molecule has 25 heavy (non-hydrogen) atoms. The number of aryl methyl sites for hydroxylation is 1. The number of aromatic nitrogens is 2. The van der Waals surface area contributed by atoms with E-state index in [4.69, 9.17) is 11.6 Å². The van der Waals surface area contributed by atoms with E-state index in [1.165, 1.54) is 12.4 Å². The lowest BCUT2D eigenvalue weighted by molar-refractivity contribution is 0.0974. The molecule has 0 radical (unpaired) electrons. The number of nitrogens with one attached hydrogen (secondary N) is 1. The Morgan fingerprint density at radius 2 is 1.64 bits per heavy atom. The molecule has 0 aliphatic heterocycles. The van der Waals surface area contributed by atoms with Crippen LogP contribution in [-0.4, -0.2) is 36.2 Å². The lowest BCUT2D eigenvalue weighted by Gasteiger charge is -2.20. The molecule has 0 saturated carbocycles. The Balaban J connectivity index is 2.22. The summed E-state index contributed by atoms with van der Waals surface area (Å²) in [5, 5.41) is 3.25. The Labute approximate surface area is 148 Å². The first-order valence-corrected chi connectivity index (χ1v) is 9.35. The highest BCUT2D eigenvalue weighted by molar-refractivity contribution is 7.95. The summed E-state index contributed by atoms with van der Waals surface area (Å²) in [6.45, 7) is 1.73. The van der Waals surface area contributed by atoms with Crippen molar-refractivity contribution in [2.75, 3.05) is 11.6 Å². The van der Waals surface area contributed by atoms with Gasteiger partial charge in [0.1, 0.15) is 22.0 Å². The number of Topliss-reactive ketones (excluding diaryl/α,β-unsaturated/α-hetero) is 2. The molecule has 0 bridgehead atoms. The lowest BCUT2D eigenvalue weighted by Crippen LogP contribution is -2.31. The number of hydrogen-bond acceptors (Lipinski definition) is 7. The van der Waals surface area contributed by atoms with Crippen LogP contribution in [0.1, 0.15) is 26.5 Å². The molecule has 0 saturated heterocycles. The zero-order valence-corrected chi connectivity index (χ0v) is 14.8. The normalized spacial score (nSPS) is 14.5. The van der Waals surface area contributed by atoms with Crippen molar-refractivity contribution < 1.29 is 18.0 Å². The van der Waals surface area contributed by atoms with Crippen LogP contribution in [0, 0.1) is 6.92 Å². The van der Waals surface area contributed by atoms with Crippen molar-refractivity contribution in [1.82, 2.24) is 9.97 Å². The van der Waals surface area contributed by atoms with Crippen LogP contribution in [0.5, 0.6) is 0 Å². The Bertz CT molecular complexity index is 1060. The van der Waals surface area contributed by atoms with Gasteiger partial charge in [0.25, 0.3) is 0 Å². The second kappa shape index (κ2) is 6.05. The van der Waals surface area contributed by atoms with E-state index in [9.17, 15) is 18.0 Å². The van der Waals surface area contributed by atoms with Crippen LogP contribution in [0.25, 0.3) is 0 Å². The zero-order chi connectivity index (χ0) is 18.4. The summed E-state index contributed by atoms with van der Waals surface area (Å²) in [4.78, 5) is 32.4. The summed E-state index contributed by atoms with van der Waals surface area (Å²) in [7, 11) is -3.99. The third kappa shape index (κ3) is 3.06. The van der Waals surface area contributed by atoms with E-state index >= 15 is 0 Å². The predicted octanol–water partition coefficient (Wildman–Crippen LogP) is 2.19. The molecule has 1 aliphatic rings. The number of fused-ring (bicyclic) bond motifs is 1. The van der Waals surface area contributed by atoms with Gasteiger partial charge >= 0.3 is 0 Å². The number of carbonyl (C=O) groups excluding carboxylic acids is 2. The Hall–Kier alpha value is -2.58. The number of nitrogens with zero attached hydrogens (tertiary/aromatic N) is 2. The number of ketones is 2. The molecule has 0 unspecified atom stereocenters. The van der Waals surface area contributed by atoms with E-state index in [1.54, 1.807) is 25.1 Å². The van der Waals surface area contributed by atoms with Gasteiger partial charge in [0, 0.05) is 29.4 Å². The van der Waals surface area contributed by atoms with Gasteiger partial charge in [-0.2, -0.15) is 0 Å². The summed E-state index contributed by atoms with van der Waals surface area (Å²) in [6.07, 6.45) is 3.36. The van der Waals surface area contributed by atoms with Crippen molar-refractivity contribution in [2.24, 2.45) is 0 Å². The highest BCUT2D eigenvalue weighted by Crippen LogP contribution is 2.29. The number of rotatable bonds is 3. The molecule has 0 atom stereocenters. The van der Waals surface area contributed by atoms with Gasteiger partial charge < -0.3 is 5.32 Å². The molecule has 9 heteroatoms. The first-order valence-electron chi connectivity index (χ1n) is 7.08. The standard InChI is InChI=1S/C16H12ClN3O4S/c1-8-7-9(17)3-4-10(8)20-13-14(21)11-12(19-6-5-18-11)15(22)16(13)25(2,23)24/h3-7,20H,1-2H3. The van der Waals surface area contributed by atoms with Gasteiger partial charge in [-0.25, -0.2) is 18.4 Å². The fourth-order valence-electron chi connectivity index (χ4n) is 2.48. The molecular weight excluding hydrogens is 366 g/mol. The SMILES string of the molecule is Cc1cc(Cl)ccc1NC1=C(S(C)(=O)=O)C(=O)c2nccnc2C1=O. The number of anilines is 1. The molecule has 3 rings (SSSR count).